The van der Waals surface area contributed by atoms with Crippen molar-refractivity contribution in [3.05, 3.63) is 47.0 Å². The van der Waals surface area contributed by atoms with Gasteiger partial charge in [-0.1, -0.05) is 6.07 Å². The molecule has 0 aliphatic carbocycles. The lowest BCUT2D eigenvalue weighted by Crippen LogP contribution is -2.34. The van der Waals surface area contributed by atoms with Gasteiger partial charge in [0, 0.05) is 22.5 Å². The highest BCUT2D eigenvalue weighted by Gasteiger charge is 2.57. The first kappa shape index (κ1) is 38.9. The van der Waals surface area contributed by atoms with E-state index in [1.54, 1.807) is 17.6 Å². The smallest absolute Gasteiger partial charge is 0.493 e. The number of ether oxygens (including phenoxy) is 2. The molecular weight excluding hydrogens is 765 g/mol. The van der Waals surface area contributed by atoms with Gasteiger partial charge in [0.05, 0.1) is 19.4 Å². The molecule has 1 aromatic carbocycles. The highest BCUT2D eigenvalue weighted by molar-refractivity contribution is 8.00. The molecule has 4 rings (SSSR count). The minimum atomic E-state index is -6.85. The summed E-state index contributed by atoms with van der Waals surface area (Å²) in [5.41, 5.74) is -15.5. The number of rotatable bonds is 8. The Kier molecular flexibility index (Phi) is 10.9. The molecule has 2 aromatic heterocycles. The fourth-order valence-electron chi connectivity index (χ4n) is 3.91. The number of aromatic nitrogens is 1. The Morgan fingerprint density at radius 1 is 0.833 bits per heavy atom. The molecule has 268 valence electrons. The summed E-state index contributed by atoms with van der Waals surface area (Å²) in [6, 6.07) is 8.00. The van der Waals surface area contributed by atoms with Gasteiger partial charge in [-0.15, -0.1) is 15.0 Å². The van der Waals surface area contributed by atoms with E-state index >= 15 is 0 Å². The van der Waals surface area contributed by atoms with Crippen LogP contribution in [0.15, 0.2) is 35.7 Å². The van der Waals surface area contributed by atoms with E-state index in [-0.39, 0.29) is 12.4 Å². The molecular formula is C23H18F9NO11S4. The third-order valence-corrected chi connectivity index (χ3v) is 10.3. The quantitative estimate of drug-likeness (QED) is 0.122. The minimum absolute atomic E-state index is 0.148. The van der Waals surface area contributed by atoms with Crippen molar-refractivity contribution in [1.82, 2.24) is 4.57 Å². The van der Waals surface area contributed by atoms with Gasteiger partial charge in [0.1, 0.15) is 5.69 Å². The Bertz CT molecular complexity index is 1960. The SMILES string of the molecule is CCOC(=O)c1cc(-c2cccs2)c2n1CCc1cc(OC)c(OS(=O)(=O)C(F)(F)F)cc1-2.O=S(=O)(OS(=O)(=O)C(F)(F)F)C(F)(F)F. The van der Waals surface area contributed by atoms with Gasteiger partial charge in [-0.3, -0.25) is 0 Å². The molecule has 0 bridgehead atoms. The Hall–Kier alpha value is -3.55. The molecule has 25 heteroatoms. The number of carbonyl (C=O) groups is 1. The first-order valence-electron chi connectivity index (χ1n) is 12.3. The predicted molar refractivity (Wildman–Crippen MR) is 146 cm³/mol. The van der Waals surface area contributed by atoms with Crippen molar-refractivity contribution < 1.29 is 86.8 Å². The van der Waals surface area contributed by atoms with Gasteiger partial charge < -0.3 is 18.2 Å². The first-order chi connectivity index (χ1) is 21.8. The van der Waals surface area contributed by atoms with Gasteiger partial charge in [-0.05, 0) is 48.6 Å². The van der Waals surface area contributed by atoms with E-state index in [2.05, 4.69) is 4.18 Å². The molecule has 0 unspecified atom stereocenters. The van der Waals surface area contributed by atoms with Crippen LogP contribution in [-0.4, -0.2) is 66.0 Å². The lowest BCUT2D eigenvalue weighted by molar-refractivity contribution is -0.0586. The molecule has 3 heterocycles. The molecule has 3 aromatic rings. The van der Waals surface area contributed by atoms with Gasteiger partial charge in [0.15, 0.2) is 11.5 Å². The molecule has 12 nitrogen and oxygen atoms in total. The van der Waals surface area contributed by atoms with E-state index in [1.165, 1.54) is 30.6 Å². The van der Waals surface area contributed by atoms with Crippen LogP contribution in [0.1, 0.15) is 23.0 Å². The number of halogens is 9. The fourth-order valence-corrected chi connectivity index (χ4v) is 6.68. The Morgan fingerprint density at radius 3 is 1.85 bits per heavy atom. The molecule has 0 N–H and O–H groups in total. The number of hydrogen-bond donors (Lipinski definition) is 0. The Balaban J connectivity index is 0.000000353. The fraction of sp³-hybridized carbons (Fsp3) is 0.348. The van der Waals surface area contributed by atoms with E-state index < -0.39 is 58.6 Å². The minimum Gasteiger partial charge on any atom is -0.493 e. The molecule has 0 saturated carbocycles. The summed E-state index contributed by atoms with van der Waals surface area (Å²) in [5, 5.41) is 1.85. The standard InChI is InChI=1S/C21H18F3NO6S2.C2F6O5S2/c1-3-30-20(26)15-10-14(18-5-4-8-32-18)19-13-11-17(31-33(27,28)21(22,23)24)16(29-2)9-12(13)6-7-25(15)19;3-1(4,5)14(9,10)13-15(11,12)2(6,7)8/h4-5,8-11H,3,6-7H2,1-2H3;. The molecule has 0 amide bonds. The average Bonchev–Trinajstić information content (AvgIpc) is 3.59. The lowest BCUT2D eigenvalue weighted by Gasteiger charge is -2.24. The second-order valence-corrected chi connectivity index (χ2v) is 14.7. The number of benzene rings is 1. The average molecular weight is 784 g/mol. The highest BCUT2D eigenvalue weighted by Crippen LogP contribution is 2.46. The van der Waals surface area contributed by atoms with Crippen LogP contribution in [0.4, 0.5) is 39.5 Å². The maximum atomic E-state index is 12.9. The second-order valence-electron chi connectivity index (χ2n) is 8.90. The number of fused-ring (bicyclic) bond motifs is 3. The number of aryl methyl sites for hydroxylation is 1. The van der Waals surface area contributed by atoms with Gasteiger partial charge in [0.2, 0.25) is 0 Å². The number of hydrogen-bond acceptors (Lipinski definition) is 12. The maximum Gasteiger partial charge on any atom is 0.534 e. The van der Waals surface area contributed by atoms with Gasteiger partial charge in [-0.25, -0.2) is 4.79 Å². The van der Waals surface area contributed by atoms with Crippen LogP contribution in [-0.2, 0) is 51.7 Å². The summed E-state index contributed by atoms with van der Waals surface area (Å²) in [7, 11) is -18.4. The number of carbonyl (C=O) groups excluding carboxylic acids is 1. The van der Waals surface area contributed by atoms with E-state index in [0.717, 1.165) is 4.88 Å². The zero-order valence-electron chi connectivity index (χ0n) is 23.6. The van der Waals surface area contributed by atoms with Crippen LogP contribution >= 0.6 is 11.3 Å². The number of nitrogens with zero attached hydrogens (tertiary/aromatic N) is 1. The van der Waals surface area contributed by atoms with Crippen LogP contribution in [0.5, 0.6) is 11.5 Å². The summed E-state index contributed by atoms with van der Waals surface area (Å²) in [4.78, 5) is 13.4. The number of alkyl halides is 9. The third kappa shape index (κ3) is 8.01. The van der Waals surface area contributed by atoms with Crippen LogP contribution < -0.4 is 8.92 Å². The van der Waals surface area contributed by atoms with Crippen LogP contribution in [0.3, 0.4) is 0 Å². The van der Waals surface area contributed by atoms with E-state index in [0.29, 0.717) is 41.0 Å². The molecule has 48 heavy (non-hydrogen) atoms. The van der Waals surface area contributed by atoms with Crippen LogP contribution in [0.2, 0.25) is 0 Å². The van der Waals surface area contributed by atoms with E-state index in [4.69, 9.17) is 9.47 Å². The van der Waals surface area contributed by atoms with Crippen LogP contribution in [0.25, 0.3) is 21.7 Å². The molecule has 0 spiro atoms. The molecule has 1 aliphatic heterocycles. The van der Waals surface area contributed by atoms with E-state index in [9.17, 15) is 69.6 Å². The summed E-state index contributed by atoms with van der Waals surface area (Å²) in [6.45, 7) is 2.27. The van der Waals surface area contributed by atoms with Crippen molar-refractivity contribution in [2.24, 2.45) is 0 Å². The normalized spacial score (nSPS) is 13.9. The Labute approximate surface area is 268 Å². The van der Waals surface area contributed by atoms with Crippen molar-refractivity contribution in [2.75, 3.05) is 13.7 Å². The maximum absolute atomic E-state index is 12.9. The topological polar surface area (TPSA) is 161 Å². The van der Waals surface area contributed by atoms with Crippen LogP contribution in [0, 0.1) is 0 Å². The summed E-state index contributed by atoms with van der Waals surface area (Å²) >= 11 is 1.42. The third-order valence-electron chi connectivity index (χ3n) is 5.85. The number of methoxy groups -OCH3 is 1. The van der Waals surface area contributed by atoms with E-state index in [1.807, 2.05) is 21.1 Å². The number of thiophene rings is 1. The molecule has 0 fully saturated rings. The summed E-state index contributed by atoms with van der Waals surface area (Å²) < 4.78 is 189. The summed E-state index contributed by atoms with van der Waals surface area (Å²) in [5.74, 6) is -1.28. The van der Waals surface area contributed by atoms with Gasteiger partial charge >= 0.3 is 52.8 Å². The monoisotopic (exact) mass is 783 g/mol. The predicted octanol–water partition coefficient (Wildman–Crippen LogP) is 5.56. The van der Waals surface area contributed by atoms with Gasteiger partial charge in [0.25, 0.3) is 0 Å². The van der Waals surface area contributed by atoms with Crippen molar-refractivity contribution in [3.63, 3.8) is 0 Å². The molecule has 0 saturated heterocycles. The Morgan fingerprint density at radius 2 is 1.40 bits per heavy atom. The largest absolute Gasteiger partial charge is 0.534 e. The molecule has 0 atom stereocenters. The highest BCUT2D eigenvalue weighted by atomic mass is 32.3. The van der Waals surface area contributed by atoms with Gasteiger partial charge in [-0.2, -0.15) is 64.8 Å². The molecule has 1 aliphatic rings. The second kappa shape index (κ2) is 13.4. The molecule has 0 radical (unpaired) electrons. The van der Waals surface area contributed by atoms with Crippen molar-refractivity contribution >= 4 is 47.7 Å². The van der Waals surface area contributed by atoms with Crippen molar-refractivity contribution in [1.29, 1.82) is 0 Å². The van der Waals surface area contributed by atoms with Crippen molar-refractivity contribution in [3.8, 4) is 33.2 Å². The summed E-state index contributed by atoms with van der Waals surface area (Å²) in [6.07, 6.45) is 0.427. The lowest BCUT2D eigenvalue weighted by atomic mass is 9.95. The zero-order valence-corrected chi connectivity index (χ0v) is 26.8. The van der Waals surface area contributed by atoms with Crippen molar-refractivity contribution in [2.45, 2.75) is 36.4 Å². The first-order valence-corrected chi connectivity index (χ1v) is 17.4. The number of esters is 1. The zero-order chi connectivity index (χ0) is 36.7.